The summed E-state index contributed by atoms with van der Waals surface area (Å²) in [5, 5.41) is 5.86. The van der Waals surface area contributed by atoms with Crippen molar-refractivity contribution >= 4 is 34.8 Å². The second kappa shape index (κ2) is 19.9. The van der Waals surface area contributed by atoms with Crippen molar-refractivity contribution in [3.63, 3.8) is 0 Å². The van der Waals surface area contributed by atoms with Gasteiger partial charge >= 0.3 is 6.09 Å². The fourth-order valence-corrected chi connectivity index (χ4v) is 8.12. The number of ether oxygens (including phenoxy) is 2. The Morgan fingerprint density at radius 2 is 1.56 bits per heavy atom. The molecular formula is C42H57N5O7. The number of hydrogen-bond acceptors (Lipinski definition) is 9. The first-order valence-corrected chi connectivity index (χ1v) is 20.2. The van der Waals surface area contributed by atoms with E-state index in [0.717, 1.165) is 50.5 Å². The predicted octanol–water partition coefficient (Wildman–Crippen LogP) is 6.25. The zero-order valence-electron chi connectivity index (χ0n) is 31.4. The number of nitrogens with zero attached hydrogens (tertiary/aromatic N) is 2. The Hall–Kier alpha value is -4.29. The SMILES string of the molecule is NCCCC[C@H](NC(=O)[C@@H]1C[C@@H](OCC2CCCCC2)CN1C(=O)[C@@H](CCc1ccccc1)NC(=O)OC1CCCCC1)C(=O)c1nc2ccccc2o1. The number of fused-ring (bicyclic) bond motifs is 1. The monoisotopic (exact) mass is 743 g/mol. The zero-order valence-corrected chi connectivity index (χ0v) is 31.4. The van der Waals surface area contributed by atoms with Gasteiger partial charge in [0.25, 0.3) is 5.89 Å². The summed E-state index contributed by atoms with van der Waals surface area (Å²) < 4.78 is 18.0. The number of nitrogens with two attached hydrogens (primary N) is 1. The molecule has 6 rings (SSSR count). The smallest absolute Gasteiger partial charge is 0.408 e. The lowest BCUT2D eigenvalue weighted by atomic mass is 9.90. The molecule has 1 aliphatic heterocycles. The third kappa shape index (κ3) is 10.9. The summed E-state index contributed by atoms with van der Waals surface area (Å²) in [6.07, 6.45) is 12.1. The summed E-state index contributed by atoms with van der Waals surface area (Å²) >= 11 is 0. The molecular weight excluding hydrogens is 686 g/mol. The fraction of sp³-hybridized carbons (Fsp3) is 0.595. The molecule has 3 fully saturated rings. The van der Waals surface area contributed by atoms with Crippen molar-refractivity contribution in [1.82, 2.24) is 20.5 Å². The number of ketones is 1. The predicted molar refractivity (Wildman–Crippen MR) is 205 cm³/mol. The van der Waals surface area contributed by atoms with Crippen molar-refractivity contribution in [3.8, 4) is 0 Å². The quantitative estimate of drug-likeness (QED) is 0.107. The van der Waals surface area contributed by atoms with Crippen molar-refractivity contribution in [2.24, 2.45) is 11.7 Å². The zero-order chi connectivity index (χ0) is 37.7. The van der Waals surface area contributed by atoms with Gasteiger partial charge in [0.05, 0.1) is 12.1 Å². The number of Topliss-reactive ketones (excluding diaryl/α,β-unsaturated/α-hetero) is 1. The summed E-state index contributed by atoms with van der Waals surface area (Å²) in [7, 11) is 0. The molecule has 12 heteroatoms. The van der Waals surface area contributed by atoms with Crippen LogP contribution in [0.25, 0.3) is 11.1 Å². The highest BCUT2D eigenvalue weighted by Gasteiger charge is 2.44. The second-order valence-corrected chi connectivity index (χ2v) is 15.3. The van der Waals surface area contributed by atoms with Gasteiger partial charge in [-0.3, -0.25) is 14.4 Å². The van der Waals surface area contributed by atoms with Crippen LogP contribution < -0.4 is 16.4 Å². The number of alkyl carbamates (subject to hydrolysis) is 1. The van der Waals surface area contributed by atoms with Crippen LogP contribution in [-0.4, -0.2) is 83.6 Å². The van der Waals surface area contributed by atoms with Crippen LogP contribution in [0.5, 0.6) is 0 Å². The van der Waals surface area contributed by atoms with E-state index in [4.69, 9.17) is 19.6 Å². The van der Waals surface area contributed by atoms with Crippen LogP contribution >= 0.6 is 0 Å². The molecule has 12 nitrogen and oxygen atoms in total. The van der Waals surface area contributed by atoms with Crippen LogP contribution in [0.3, 0.4) is 0 Å². The molecule has 4 atom stereocenters. The molecule has 54 heavy (non-hydrogen) atoms. The first-order valence-electron chi connectivity index (χ1n) is 20.2. The number of para-hydroxylation sites is 2. The summed E-state index contributed by atoms with van der Waals surface area (Å²) in [6, 6.07) is 14.1. The van der Waals surface area contributed by atoms with E-state index < -0.39 is 35.9 Å². The molecule has 3 aromatic rings. The Balaban J connectivity index is 1.21. The van der Waals surface area contributed by atoms with Crippen LogP contribution in [-0.2, 0) is 25.5 Å². The van der Waals surface area contributed by atoms with E-state index in [2.05, 4.69) is 15.6 Å². The number of amides is 3. The Bertz CT molecular complexity index is 1640. The van der Waals surface area contributed by atoms with Gasteiger partial charge in [-0.2, -0.15) is 0 Å². The topological polar surface area (TPSA) is 166 Å². The van der Waals surface area contributed by atoms with E-state index in [0.29, 0.717) is 62.3 Å². The molecule has 1 aromatic heterocycles. The second-order valence-electron chi connectivity index (χ2n) is 15.3. The van der Waals surface area contributed by atoms with Gasteiger partial charge in [0.15, 0.2) is 5.58 Å². The van der Waals surface area contributed by atoms with Gasteiger partial charge < -0.3 is 35.2 Å². The third-order valence-corrected chi connectivity index (χ3v) is 11.2. The molecule has 3 amide bonds. The summed E-state index contributed by atoms with van der Waals surface area (Å²) in [6.45, 7) is 1.22. The lowest BCUT2D eigenvalue weighted by Gasteiger charge is -2.30. The Kier molecular flexibility index (Phi) is 14.5. The molecule has 2 aromatic carbocycles. The number of aromatic nitrogens is 1. The molecule has 0 bridgehead atoms. The van der Waals surface area contributed by atoms with Gasteiger partial charge in [-0.05, 0) is 101 Å². The normalized spacial score (nSPS) is 20.7. The Morgan fingerprint density at radius 1 is 0.833 bits per heavy atom. The van der Waals surface area contributed by atoms with Gasteiger partial charge in [-0.15, -0.1) is 0 Å². The van der Waals surface area contributed by atoms with Gasteiger partial charge in [-0.1, -0.05) is 68.1 Å². The van der Waals surface area contributed by atoms with E-state index >= 15 is 0 Å². The maximum Gasteiger partial charge on any atom is 0.408 e. The molecule has 1 saturated heterocycles. The number of aryl methyl sites for hydroxylation is 1. The lowest BCUT2D eigenvalue weighted by molar-refractivity contribution is -0.140. The molecule has 2 heterocycles. The maximum atomic E-state index is 14.6. The number of likely N-dealkylation sites (tertiary alicyclic amines) is 1. The highest BCUT2D eigenvalue weighted by Crippen LogP contribution is 2.28. The minimum atomic E-state index is -0.936. The van der Waals surface area contributed by atoms with Crippen LogP contribution in [0.15, 0.2) is 59.0 Å². The molecule has 292 valence electrons. The number of hydrogen-bond donors (Lipinski definition) is 3. The molecule has 0 spiro atoms. The molecule has 4 N–H and O–H groups in total. The molecule has 2 aliphatic carbocycles. The molecule has 0 unspecified atom stereocenters. The lowest BCUT2D eigenvalue weighted by Crippen LogP contribution is -2.55. The maximum absolute atomic E-state index is 14.6. The fourth-order valence-electron chi connectivity index (χ4n) is 8.12. The average molecular weight is 744 g/mol. The van der Waals surface area contributed by atoms with Gasteiger partial charge in [0.1, 0.15) is 23.7 Å². The van der Waals surface area contributed by atoms with Crippen LogP contribution in [0.1, 0.15) is 113 Å². The van der Waals surface area contributed by atoms with E-state index in [9.17, 15) is 19.2 Å². The minimum Gasteiger partial charge on any atom is -0.446 e. The van der Waals surface area contributed by atoms with Crippen LogP contribution in [0.2, 0.25) is 0 Å². The number of benzene rings is 2. The minimum absolute atomic E-state index is 0.0797. The van der Waals surface area contributed by atoms with Crippen molar-refractivity contribution in [3.05, 3.63) is 66.1 Å². The highest BCUT2D eigenvalue weighted by atomic mass is 16.6. The Morgan fingerprint density at radius 3 is 2.30 bits per heavy atom. The van der Waals surface area contributed by atoms with Crippen molar-refractivity contribution in [2.45, 2.75) is 133 Å². The van der Waals surface area contributed by atoms with Gasteiger partial charge in [0.2, 0.25) is 17.6 Å². The number of unbranched alkanes of at least 4 members (excludes halogenated alkanes) is 1. The third-order valence-electron chi connectivity index (χ3n) is 11.2. The molecule has 3 aliphatic rings. The average Bonchev–Trinajstić information content (AvgIpc) is 3.84. The summed E-state index contributed by atoms with van der Waals surface area (Å²) in [4.78, 5) is 62.1. The summed E-state index contributed by atoms with van der Waals surface area (Å²) in [5.74, 6) is -0.901. The number of carbonyl (C=O) groups excluding carboxylic acids is 4. The van der Waals surface area contributed by atoms with E-state index in [1.807, 2.05) is 36.4 Å². The van der Waals surface area contributed by atoms with Gasteiger partial charge in [-0.25, -0.2) is 9.78 Å². The first-order chi connectivity index (χ1) is 26.4. The van der Waals surface area contributed by atoms with Crippen molar-refractivity contribution in [1.29, 1.82) is 0 Å². The molecule has 0 radical (unpaired) electrons. The largest absolute Gasteiger partial charge is 0.446 e. The number of nitrogens with one attached hydrogen (secondary N) is 2. The number of oxazole rings is 1. The van der Waals surface area contributed by atoms with Crippen LogP contribution in [0.4, 0.5) is 4.79 Å². The highest BCUT2D eigenvalue weighted by molar-refractivity contribution is 6.01. The van der Waals surface area contributed by atoms with Gasteiger partial charge in [0, 0.05) is 19.6 Å². The first kappa shape index (κ1) is 39.4. The Labute approximate surface area is 318 Å². The van der Waals surface area contributed by atoms with Crippen molar-refractivity contribution < 1.29 is 33.1 Å². The molecule has 2 saturated carbocycles. The van der Waals surface area contributed by atoms with E-state index in [1.54, 1.807) is 18.2 Å². The van der Waals surface area contributed by atoms with Crippen LogP contribution in [0, 0.1) is 5.92 Å². The van der Waals surface area contributed by atoms with E-state index in [1.165, 1.54) is 24.2 Å². The standard InChI is InChI=1S/C42H57N5O7/c43-25-13-12-21-34(38(48)40-45-33-20-10-11-22-37(33)54-40)44-39(49)36-26-32(52-28-30-16-6-2-7-17-30)27-47(36)41(50)35(24-23-29-14-4-1-5-15-29)46-42(51)53-31-18-8-3-9-19-31/h1,4-5,10-11,14-15,20,22,30-32,34-36H,2-3,6-9,12-13,16-19,21,23-28,43H2,(H,44,49)(H,46,51)/t32-,34+,35-,36+/m1/s1. The van der Waals surface area contributed by atoms with E-state index in [-0.39, 0.29) is 37.0 Å². The summed E-state index contributed by atoms with van der Waals surface area (Å²) in [5.41, 5.74) is 7.84. The number of rotatable bonds is 17. The van der Waals surface area contributed by atoms with Crippen molar-refractivity contribution in [2.75, 3.05) is 19.7 Å². The number of carbonyl (C=O) groups is 4.